The summed E-state index contributed by atoms with van der Waals surface area (Å²) in [6, 6.07) is -0.548. The van der Waals surface area contributed by atoms with Crippen molar-refractivity contribution in [3.05, 3.63) is 0 Å². The Balaban J connectivity index is 2.66. The van der Waals surface area contributed by atoms with Crippen molar-refractivity contribution in [2.75, 3.05) is 6.61 Å². The first-order valence-corrected chi connectivity index (χ1v) is 8.58. The SMILES string of the molecule is CCOC(=O)N[C@@H](CC1CCCCC1)[C@@H](O)C(=O)CC(C)C. The molecule has 1 rings (SSSR count). The van der Waals surface area contributed by atoms with Gasteiger partial charge in [0.15, 0.2) is 5.78 Å². The van der Waals surface area contributed by atoms with E-state index in [2.05, 4.69) is 5.32 Å². The molecule has 1 saturated carbocycles. The number of ether oxygens (including phenoxy) is 1. The van der Waals surface area contributed by atoms with Crippen molar-refractivity contribution in [1.82, 2.24) is 5.32 Å². The number of carbonyl (C=O) groups excluding carboxylic acids is 2. The number of aliphatic hydroxyl groups is 1. The summed E-state index contributed by atoms with van der Waals surface area (Å²) in [6.07, 6.45) is 5.10. The smallest absolute Gasteiger partial charge is 0.407 e. The van der Waals surface area contributed by atoms with Gasteiger partial charge in [-0.15, -0.1) is 0 Å². The van der Waals surface area contributed by atoms with Gasteiger partial charge < -0.3 is 15.2 Å². The first-order valence-electron chi connectivity index (χ1n) is 8.58. The van der Waals surface area contributed by atoms with Crippen molar-refractivity contribution in [2.24, 2.45) is 11.8 Å². The number of hydrogen-bond acceptors (Lipinski definition) is 4. The van der Waals surface area contributed by atoms with E-state index in [1.807, 2.05) is 13.8 Å². The van der Waals surface area contributed by atoms with Crippen LogP contribution in [0.2, 0.25) is 0 Å². The minimum absolute atomic E-state index is 0.195. The fraction of sp³-hybridized carbons (Fsp3) is 0.882. The molecule has 0 aromatic carbocycles. The summed E-state index contributed by atoms with van der Waals surface area (Å²) < 4.78 is 4.90. The van der Waals surface area contributed by atoms with Crippen LogP contribution in [0.15, 0.2) is 0 Å². The predicted molar refractivity (Wildman–Crippen MR) is 85.6 cm³/mol. The van der Waals surface area contributed by atoms with Crippen LogP contribution >= 0.6 is 0 Å². The number of rotatable bonds is 8. The molecule has 1 fully saturated rings. The standard InChI is InChI=1S/C17H31NO4/c1-4-22-17(21)18-14(11-13-8-6-5-7-9-13)16(20)15(19)10-12(2)3/h12-14,16,20H,4-11H2,1-3H3,(H,18,21)/t14-,16+/m0/s1. The summed E-state index contributed by atoms with van der Waals surface area (Å²) in [7, 11) is 0. The molecule has 0 heterocycles. The molecule has 5 nitrogen and oxygen atoms in total. The summed E-state index contributed by atoms with van der Waals surface area (Å²) in [5, 5.41) is 13.0. The minimum atomic E-state index is -1.14. The van der Waals surface area contributed by atoms with Crippen molar-refractivity contribution in [3.8, 4) is 0 Å². The van der Waals surface area contributed by atoms with Crippen LogP contribution in [0.3, 0.4) is 0 Å². The number of ketones is 1. The van der Waals surface area contributed by atoms with Crippen molar-refractivity contribution in [1.29, 1.82) is 0 Å². The van der Waals surface area contributed by atoms with Gasteiger partial charge in [-0.1, -0.05) is 46.0 Å². The van der Waals surface area contributed by atoms with Crippen LogP contribution < -0.4 is 5.32 Å². The fourth-order valence-electron chi connectivity index (χ4n) is 3.12. The van der Waals surface area contributed by atoms with Gasteiger partial charge in [0, 0.05) is 6.42 Å². The third kappa shape index (κ3) is 6.77. The molecule has 0 aliphatic heterocycles. The molecule has 0 unspecified atom stereocenters. The van der Waals surface area contributed by atoms with Crippen molar-refractivity contribution in [3.63, 3.8) is 0 Å². The average Bonchev–Trinajstić information content (AvgIpc) is 2.46. The summed E-state index contributed by atoms with van der Waals surface area (Å²) >= 11 is 0. The topological polar surface area (TPSA) is 75.6 Å². The van der Waals surface area contributed by atoms with E-state index < -0.39 is 18.2 Å². The zero-order valence-electron chi connectivity index (χ0n) is 14.1. The number of aliphatic hydroxyl groups excluding tert-OH is 1. The number of nitrogens with one attached hydrogen (secondary N) is 1. The van der Waals surface area contributed by atoms with Crippen molar-refractivity contribution >= 4 is 11.9 Å². The minimum Gasteiger partial charge on any atom is -0.450 e. The second kappa shape index (κ2) is 9.82. The lowest BCUT2D eigenvalue weighted by molar-refractivity contribution is -0.129. The Kier molecular flexibility index (Phi) is 8.46. The van der Waals surface area contributed by atoms with E-state index in [0.717, 1.165) is 12.8 Å². The van der Waals surface area contributed by atoms with E-state index in [0.29, 0.717) is 18.8 Å². The summed E-state index contributed by atoms with van der Waals surface area (Å²) in [6.45, 7) is 5.90. The molecule has 0 bridgehead atoms. The van der Waals surface area contributed by atoms with Crippen LogP contribution in [0, 0.1) is 11.8 Å². The maximum absolute atomic E-state index is 12.1. The molecule has 128 valence electrons. The Morgan fingerprint density at radius 2 is 1.86 bits per heavy atom. The van der Waals surface area contributed by atoms with Gasteiger partial charge in [-0.25, -0.2) is 4.79 Å². The number of alkyl carbamates (subject to hydrolysis) is 1. The molecule has 1 aliphatic carbocycles. The van der Waals surface area contributed by atoms with Crippen LogP contribution in [-0.2, 0) is 9.53 Å². The zero-order chi connectivity index (χ0) is 16.5. The van der Waals surface area contributed by atoms with E-state index in [1.54, 1.807) is 6.92 Å². The number of Topliss-reactive ketones (excluding diaryl/α,β-unsaturated/α-hetero) is 1. The average molecular weight is 313 g/mol. The molecule has 5 heteroatoms. The summed E-state index contributed by atoms with van der Waals surface area (Å²) in [4.78, 5) is 23.8. The van der Waals surface area contributed by atoms with Gasteiger partial charge in [0.1, 0.15) is 6.10 Å². The highest BCUT2D eigenvalue weighted by Gasteiger charge is 2.30. The second-order valence-corrected chi connectivity index (χ2v) is 6.72. The Morgan fingerprint density at radius 3 is 2.41 bits per heavy atom. The van der Waals surface area contributed by atoms with Gasteiger partial charge in [0.2, 0.25) is 0 Å². The molecule has 22 heavy (non-hydrogen) atoms. The van der Waals surface area contributed by atoms with Crippen LogP contribution in [0.4, 0.5) is 4.79 Å². The highest BCUT2D eigenvalue weighted by molar-refractivity contribution is 5.84. The van der Waals surface area contributed by atoms with Gasteiger partial charge in [0.05, 0.1) is 12.6 Å². The molecule has 2 atom stereocenters. The molecule has 0 aromatic heterocycles. The van der Waals surface area contributed by atoms with E-state index in [-0.39, 0.29) is 18.3 Å². The Bertz CT molecular complexity index is 351. The van der Waals surface area contributed by atoms with Crippen molar-refractivity contribution < 1.29 is 19.4 Å². The third-order valence-electron chi connectivity index (χ3n) is 4.21. The number of carbonyl (C=O) groups is 2. The highest BCUT2D eigenvalue weighted by atomic mass is 16.5. The molecular weight excluding hydrogens is 282 g/mol. The van der Waals surface area contributed by atoms with Gasteiger partial charge in [0.25, 0.3) is 0 Å². The van der Waals surface area contributed by atoms with Crippen molar-refractivity contribution in [2.45, 2.75) is 77.9 Å². The van der Waals surface area contributed by atoms with Crippen LogP contribution in [0.5, 0.6) is 0 Å². The summed E-state index contributed by atoms with van der Waals surface area (Å²) in [5.41, 5.74) is 0. The first-order chi connectivity index (χ1) is 10.4. The van der Waals surface area contributed by atoms with E-state index in [9.17, 15) is 14.7 Å². The lowest BCUT2D eigenvalue weighted by atomic mass is 9.83. The Labute approximate surface area is 133 Å². The van der Waals surface area contributed by atoms with E-state index >= 15 is 0 Å². The molecule has 2 N–H and O–H groups in total. The molecule has 1 aliphatic rings. The number of hydrogen-bond donors (Lipinski definition) is 2. The molecule has 0 spiro atoms. The first kappa shape index (κ1) is 18.9. The number of amides is 1. The Morgan fingerprint density at radius 1 is 1.23 bits per heavy atom. The quantitative estimate of drug-likeness (QED) is 0.722. The van der Waals surface area contributed by atoms with Gasteiger partial charge in [-0.2, -0.15) is 0 Å². The van der Waals surface area contributed by atoms with Gasteiger partial charge in [-0.3, -0.25) is 4.79 Å². The van der Waals surface area contributed by atoms with Gasteiger partial charge >= 0.3 is 6.09 Å². The highest BCUT2D eigenvalue weighted by Crippen LogP contribution is 2.28. The van der Waals surface area contributed by atoms with Crippen LogP contribution in [-0.4, -0.2) is 35.7 Å². The maximum atomic E-state index is 12.1. The third-order valence-corrected chi connectivity index (χ3v) is 4.21. The summed E-state index contributed by atoms with van der Waals surface area (Å²) in [5.74, 6) is 0.454. The zero-order valence-corrected chi connectivity index (χ0v) is 14.1. The van der Waals surface area contributed by atoms with E-state index in [1.165, 1.54) is 19.3 Å². The Hall–Kier alpha value is -1.10. The lowest BCUT2D eigenvalue weighted by Gasteiger charge is -2.29. The van der Waals surface area contributed by atoms with Gasteiger partial charge in [-0.05, 0) is 25.2 Å². The van der Waals surface area contributed by atoms with Crippen LogP contribution in [0.1, 0.15) is 65.7 Å². The maximum Gasteiger partial charge on any atom is 0.407 e. The normalized spacial score (nSPS) is 18.8. The predicted octanol–water partition coefficient (Wildman–Crippen LogP) is 3.05. The molecule has 1 amide bonds. The molecular formula is C17H31NO4. The molecule has 0 aromatic rings. The second-order valence-electron chi connectivity index (χ2n) is 6.72. The van der Waals surface area contributed by atoms with E-state index in [4.69, 9.17) is 4.74 Å². The lowest BCUT2D eigenvalue weighted by Crippen LogP contribution is -2.48. The van der Waals surface area contributed by atoms with Crippen LogP contribution in [0.25, 0.3) is 0 Å². The molecule has 0 radical (unpaired) electrons. The monoisotopic (exact) mass is 313 g/mol. The molecule has 0 saturated heterocycles. The largest absolute Gasteiger partial charge is 0.450 e. The fourth-order valence-corrected chi connectivity index (χ4v) is 3.12.